The monoisotopic (exact) mass is 296 g/mol. The third kappa shape index (κ3) is 2.86. The lowest BCUT2D eigenvalue weighted by molar-refractivity contribution is 0.586. The molecule has 0 atom stereocenters. The molecule has 6 heteroatoms. The van der Waals surface area contributed by atoms with E-state index in [1.54, 1.807) is 30.5 Å². The smallest absolute Gasteiger partial charge is 0.239 e. The molecule has 0 unspecified atom stereocenters. The second-order valence-corrected chi connectivity index (χ2v) is 4.60. The van der Waals surface area contributed by atoms with Crippen molar-refractivity contribution in [2.24, 2.45) is 0 Å². The van der Waals surface area contributed by atoms with Crippen molar-refractivity contribution in [2.75, 3.05) is 5.32 Å². The lowest BCUT2D eigenvalue weighted by Crippen LogP contribution is -1.93. The molecule has 0 saturated carbocycles. The number of hydrogen-bond acceptors (Lipinski definition) is 5. The number of fused-ring (bicyclic) bond motifs is 1. The van der Waals surface area contributed by atoms with E-state index in [1.165, 1.54) is 6.20 Å². The fourth-order valence-corrected chi connectivity index (χ4v) is 1.92. The van der Waals surface area contributed by atoms with Crippen LogP contribution in [0, 0.1) is 11.3 Å². The molecule has 5 nitrogen and oxygen atoms in total. The number of rotatable bonds is 3. The average molecular weight is 297 g/mol. The zero-order valence-corrected chi connectivity index (χ0v) is 11.5. The fourth-order valence-electron chi connectivity index (χ4n) is 1.75. The van der Waals surface area contributed by atoms with Crippen molar-refractivity contribution in [3.8, 4) is 6.07 Å². The molecule has 2 aromatic heterocycles. The Kier molecular flexibility index (Phi) is 3.54. The van der Waals surface area contributed by atoms with Crippen molar-refractivity contribution in [2.45, 2.75) is 0 Å². The minimum Gasteiger partial charge on any atom is -0.435 e. The summed E-state index contributed by atoms with van der Waals surface area (Å²) in [5, 5.41) is 12.7. The van der Waals surface area contributed by atoms with Gasteiger partial charge in [0.2, 0.25) is 5.89 Å². The lowest BCUT2D eigenvalue weighted by atomic mass is 10.3. The number of hydrogen-bond donors (Lipinski definition) is 1. The van der Waals surface area contributed by atoms with Crippen LogP contribution >= 0.6 is 11.6 Å². The highest BCUT2D eigenvalue weighted by Gasteiger charge is 2.11. The molecule has 0 aliphatic rings. The van der Waals surface area contributed by atoms with Crippen LogP contribution < -0.4 is 5.32 Å². The second-order valence-electron chi connectivity index (χ2n) is 4.16. The topological polar surface area (TPSA) is 74.7 Å². The summed E-state index contributed by atoms with van der Waals surface area (Å²) in [6, 6.07) is 12.6. The molecule has 0 radical (unpaired) electrons. The van der Waals surface area contributed by atoms with Crippen LogP contribution in [-0.4, -0.2) is 9.97 Å². The first-order valence-electron chi connectivity index (χ1n) is 6.10. The van der Waals surface area contributed by atoms with Crippen molar-refractivity contribution in [3.05, 3.63) is 59.7 Å². The van der Waals surface area contributed by atoms with Crippen LogP contribution in [0.25, 0.3) is 16.7 Å². The molecule has 1 N–H and O–H groups in total. The zero-order valence-electron chi connectivity index (χ0n) is 10.7. The van der Waals surface area contributed by atoms with Gasteiger partial charge in [0.1, 0.15) is 23.0 Å². The number of allylic oxidation sites excluding steroid dienone is 1. The molecule has 0 aliphatic carbocycles. The van der Waals surface area contributed by atoms with E-state index >= 15 is 0 Å². The Morgan fingerprint density at radius 3 is 3.00 bits per heavy atom. The van der Waals surface area contributed by atoms with Gasteiger partial charge in [0, 0.05) is 17.4 Å². The van der Waals surface area contributed by atoms with Gasteiger partial charge in [0.05, 0.1) is 0 Å². The molecule has 0 spiro atoms. The molecule has 0 amide bonds. The Morgan fingerprint density at radius 1 is 1.33 bits per heavy atom. The minimum absolute atomic E-state index is 0.234. The quantitative estimate of drug-likeness (QED) is 0.743. The Balaban J connectivity index is 1.93. The number of pyridine rings is 1. The molecule has 0 bridgehead atoms. The first-order valence-corrected chi connectivity index (χ1v) is 6.48. The van der Waals surface area contributed by atoms with E-state index in [1.807, 2.05) is 18.2 Å². The van der Waals surface area contributed by atoms with E-state index in [4.69, 9.17) is 16.0 Å². The summed E-state index contributed by atoms with van der Waals surface area (Å²) < 4.78 is 5.54. The number of benzene rings is 1. The van der Waals surface area contributed by atoms with E-state index in [0.29, 0.717) is 21.9 Å². The molecule has 0 fully saturated rings. The number of nitrogens with one attached hydrogen (secondary N) is 1. The van der Waals surface area contributed by atoms with Crippen LogP contribution in [0.2, 0.25) is 5.02 Å². The van der Waals surface area contributed by atoms with E-state index in [2.05, 4.69) is 15.3 Å². The first-order chi connectivity index (χ1) is 10.3. The molecule has 3 aromatic rings. The number of anilines is 1. The molecular weight excluding hydrogens is 288 g/mol. The summed E-state index contributed by atoms with van der Waals surface area (Å²) >= 11 is 5.90. The van der Waals surface area contributed by atoms with E-state index < -0.39 is 0 Å². The van der Waals surface area contributed by atoms with Gasteiger partial charge in [-0.3, -0.25) is 0 Å². The molecule has 1 aromatic carbocycles. The molecule has 0 saturated heterocycles. The molecule has 0 aliphatic heterocycles. The highest BCUT2D eigenvalue weighted by Crippen LogP contribution is 2.23. The summed E-state index contributed by atoms with van der Waals surface area (Å²) in [6.45, 7) is 0. The number of oxazole rings is 1. The van der Waals surface area contributed by atoms with Gasteiger partial charge in [-0.1, -0.05) is 17.7 Å². The predicted octanol–water partition coefficient (Wildman–Crippen LogP) is 3.85. The number of nitrogens with zero attached hydrogens (tertiary/aromatic N) is 3. The van der Waals surface area contributed by atoms with Crippen LogP contribution in [0.3, 0.4) is 0 Å². The average Bonchev–Trinajstić information content (AvgIpc) is 2.92. The van der Waals surface area contributed by atoms with Gasteiger partial charge in [-0.05, 0) is 30.3 Å². The first kappa shape index (κ1) is 13.2. The highest BCUT2D eigenvalue weighted by atomic mass is 35.5. The van der Waals surface area contributed by atoms with Gasteiger partial charge in [0.25, 0.3) is 0 Å². The second kappa shape index (κ2) is 5.65. The van der Waals surface area contributed by atoms with Gasteiger partial charge in [0.15, 0.2) is 5.58 Å². The maximum Gasteiger partial charge on any atom is 0.239 e. The van der Waals surface area contributed by atoms with Crippen LogP contribution in [0.15, 0.2) is 53.2 Å². The zero-order chi connectivity index (χ0) is 14.7. The summed E-state index contributed by atoms with van der Waals surface area (Å²) in [4.78, 5) is 8.35. The van der Waals surface area contributed by atoms with Gasteiger partial charge in [-0.2, -0.15) is 5.26 Å². The Labute approximate surface area is 125 Å². The third-order valence-electron chi connectivity index (χ3n) is 2.73. The standard InChI is InChI=1S/C15H9ClN4O/c16-11-4-5-13-12(7-11)20-15(21-13)10(8-17)9-19-14-3-1-2-6-18-14/h1-7,9H,(H,18,19). The van der Waals surface area contributed by atoms with Crippen molar-refractivity contribution in [3.63, 3.8) is 0 Å². The van der Waals surface area contributed by atoms with Crippen molar-refractivity contribution in [1.82, 2.24) is 9.97 Å². The Hall–Kier alpha value is -2.84. The highest BCUT2D eigenvalue weighted by molar-refractivity contribution is 6.31. The Morgan fingerprint density at radius 2 is 2.24 bits per heavy atom. The molecule has 21 heavy (non-hydrogen) atoms. The summed E-state index contributed by atoms with van der Waals surface area (Å²) in [6.07, 6.45) is 3.16. The maximum absolute atomic E-state index is 9.23. The minimum atomic E-state index is 0.234. The predicted molar refractivity (Wildman–Crippen MR) is 80.5 cm³/mol. The van der Waals surface area contributed by atoms with Crippen molar-refractivity contribution >= 4 is 34.1 Å². The van der Waals surface area contributed by atoms with E-state index in [-0.39, 0.29) is 11.5 Å². The normalized spacial score (nSPS) is 11.3. The van der Waals surface area contributed by atoms with Crippen LogP contribution in [0.1, 0.15) is 5.89 Å². The summed E-state index contributed by atoms with van der Waals surface area (Å²) in [7, 11) is 0. The van der Waals surface area contributed by atoms with Crippen LogP contribution in [-0.2, 0) is 0 Å². The SMILES string of the molecule is N#CC(=CNc1ccccn1)c1nc2cc(Cl)ccc2o1. The van der Waals surface area contributed by atoms with Gasteiger partial charge < -0.3 is 9.73 Å². The van der Waals surface area contributed by atoms with E-state index in [9.17, 15) is 5.26 Å². The van der Waals surface area contributed by atoms with E-state index in [0.717, 1.165) is 0 Å². The molecule has 102 valence electrons. The molecule has 2 heterocycles. The van der Waals surface area contributed by atoms with Crippen LogP contribution in [0.4, 0.5) is 5.82 Å². The Bertz CT molecular complexity index is 849. The van der Waals surface area contributed by atoms with Gasteiger partial charge in [-0.15, -0.1) is 0 Å². The largest absolute Gasteiger partial charge is 0.435 e. The number of halogens is 1. The maximum atomic E-state index is 9.23. The summed E-state index contributed by atoms with van der Waals surface area (Å²) in [5.41, 5.74) is 1.46. The number of nitriles is 1. The summed E-state index contributed by atoms with van der Waals surface area (Å²) in [5.74, 6) is 0.864. The third-order valence-corrected chi connectivity index (χ3v) is 2.96. The molecule has 3 rings (SSSR count). The molecular formula is C15H9ClN4O. The van der Waals surface area contributed by atoms with Crippen LogP contribution in [0.5, 0.6) is 0 Å². The van der Waals surface area contributed by atoms with Gasteiger partial charge in [-0.25, -0.2) is 9.97 Å². The van der Waals surface area contributed by atoms with Crippen molar-refractivity contribution in [1.29, 1.82) is 5.26 Å². The number of aromatic nitrogens is 2. The lowest BCUT2D eigenvalue weighted by Gasteiger charge is -1.98. The fraction of sp³-hybridized carbons (Fsp3) is 0. The van der Waals surface area contributed by atoms with Gasteiger partial charge >= 0.3 is 0 Å². The van der Waals surface area contributed by atoms with Crippen molar-refractivity contribution < 1.29 is 4.42 Å².